The van der Waals surface area contributed by atoms with Crippen molar-refractivity contribution >= 4 is 21.9 Å². The number of hydrogen-bond acceptors (Lipinski definition) is 1. The van der Waals surface area contributed by atoms with E-state index in [4.69, 9.17) is 5.11 Å². The van der Waals surface area contributed by atoms with E-state index in [9.17, 15) is 4.79 Å². The molecule has 0 amide bonds. The van der Waals surface area contributed by atoms with Gasteiger partial charge in [0.15, 0.2) is 0 Å². The van der Waals surface area contributed by atoms with Crippen LogP contribution in [-0.4, -0.2) is 15.6 Å². The van der Waals surface area contributed by atoms with Crippen LogP contribution in [0.5, 0.6) is 0 Å². The molecule has 0 fully saturated rings. The van der Waals surface area contributed by atoms with E-state index in [1.54, 1.807) is 10.6 Å². The summed E-state index contributed by atoms with van der Waals surface area (Å²) in [6.07, 6.45) is 2.84. The molecule has 0 aliphatic rings. The SMILES string of the molecule is CCC(C)(C)Cn1cc(Br)cc1C(=O)O. The molecule has 1 N–H and O–H groups in total. The fourth-order valence-electron chi connectivity index (χ4n) is 1.36. The van der Waals surface area contributed by atoms with Crippen LogP contribution in [-0.2, 0) is 6.54 Å². The summed E-state index contributed by atoms with van der Waals surface area (Å²) >= 11 is 3.30. The Morgan fingerprint density at radius 3 is 2.67 bits per heavy atom. The monoisotopic (exact) mass is 273 g/mol. The third-order valence-corrected chi connectivity index (χ3v) is 3.07. The average Bonchev–Trinajstić information content (AvgIpc) is 2.46. The third-order valence-electron chi connectivity index (χ3n) is 2.64. The predicted octanol–water partition coefficient (Wildman–Crippen LogP) is 3.39. The number of carboxylic acid groups (broad SMARTS) is 1. The van der Waals surface area contributed by atoms with Crippen molar-refractivity contribution in [2.75, 3.05) is 0 Å². The second-order valence-corrected chi connectivity index (χ2v) is 5.41. The van der Waals surface area contributed by atoms with E-state index in [0.29, 0.717) is 5.69 Å². The summed E-state index contributed by atoms with van der Waals surface area (Å²) in [6, 6.07) is 1.63. The molecule has 84 valence electrons. The van der Waals surface area contributed by atoms with Gasteiger partial charge < -0.3 is 9.67 Å². The molecule has 4 heteroatoms. The Hall–Kier alpha value is -0.770. The molecule has 1 heterocycles. The molecule has 0 unspecified atom stereocenters. The molecular formula is C11H16BrNO2. The predicted molar refractivity (Wildman–Crippen MR) is 63.2 cm³/mol. The fraction of sp³-hybridized carbons (Fsp3) is 0.545. The number of nitrogens with zero attached hydrogens (tertiary/aromatic N) is 1. The van der Waals surface area contributed by atoms with Crippen LogP contribution in [0.1, 0.15) is 37.7 Å². The molecule has 1 aromatic heterocycles. The number of aromatic carboxylic acids is 1. The summed E-state index contributed by atoms with van der Waals surface area (Å²) in [5.41, 5.74) is 0.450. The van der Waals surface area contributed by atoms with E-state index >= 15 is 0 Å². The van der Waals surface area contributed by atoms with E-state index in [1.807, 2.05) is 6.20 Å². The highest BCUT2D eigenvalue weighted by molar-refractivity contribution is 9.10. The zero-order chi connectivity index (χ0) is 11.6. The quantitative estimate of drug-likeness (QED) is 0.914. The van der Waals surface area contributed by atoms with Crippen LogP contribution in [0, 0.1) is 5.41 Å². The zero-order valence-corrected chi connectivity index (χ0v) is 10.8. The number of aromatic nitrogens is 1. The van der Waals surface area contributed by atoms with Crippen molar-refractivity contribution in [3.63, 3.8) is 0 Å². The van der Waals surface area contributed by atoms with Gasteiger partial charge in [-0.2, -0.15) is 0 Å². The Morgan fingerprint density at radius 1 is 1.60 bits per heavy atom. The lowest BCUT2D eigenvalue weighted by atomic mass is 9.90. The number of hydrogen-bond donors (Lipinski definition) is 1. The first-order chi connectivity index (χ1) is 6.85. The second kappa shape index (κ2) is 4.39. The summed E-state index contributed by atoms with van der Waals surface area (Å²) < 4.78 is 2.60. The van der Waals surface area contributed by atoms with Gasteiger partial charge in [-0.1, -0.05) is 20.8 Å². The first kappa shape index (κ1) is 12.3. The number of rotatable bonds is 4. The molecule has 0 radical (unpaired) electrons. The van der Waals surface area contributed by atoms with Crippen molar-refractivity contribution in [2.24, 2.45) is 5.41 Å². The van der Waals surface area contributed by atoms with Gasteiger partial charge in [0.05, 0.1) is 0 Å². The summed E-state index contributed by atoms with van der Waals surface area (Å²) in [7, 11) is 0. The molecular weight excluding hydrogens is 258 g/mol. The summed E-state index contributed by atoms with van der Waals surface area (Å²) in [4.78, 5) is 11.0. The van der Waals surface area contributed by atoms with E-state index in [0.717, 1.165) is 17.4 Å². The normalized spacial score (nSPS) is 11.7. The van der Waals surface area contributed by atoms with Crippen LogP contribution in [0.15, 0.2) is 16.7 Å². The fourth-order valence-corrected chi connectivity index (χ4v) is 1.82. The van der Waals surface area contributed by atoms with Crippen LogP contribution < -0.4 is 0 Å². The van der Waals surface area contributed by atoms with Crippen molar-refractivity contribution in [3.05, 3.63) is 22.4 Å². The van der Waals surface area contributed by atoms with Gasteiger partial charge in [-0.15, -0.1) is 0 Å². The van der Waals surface area contributed by atoms with Gasteiger partial charge in [0.1, 0.15) is 5.69 Å². The Kier molecular flexibility index (Phi) is 3.60. The first-order valence-corrected chi connectivity index (χ1v) is 5.74. The van der Waals surface area contributed by atoms with Crippen molar-refractivity contribution in [3.8, 4) is 0 Å². The Morgan fingerprint density at radius 2 is 2.20 bits per heavy atom. The number of halogens is 1. The standard InChI is InChI=1S/C11H16BrNO2/c1-4-11(2,3)7-13-6-8(12)5-9(13)10(14)15/h5-6H,4,7H2,1-3H3,(H,14,15). The topological polar surface area (TPSA) is 42.2 Å². The molecule has 0 aliphatic carbocycles. The highest BCUT2D eigenvalue weighted by atomic mass is 79.9. The zero-order valence-electron chi connectivity index (χ0n) is 9.25. The summed E-state index contributed by atoms with van der Waals surface area (Å²) in [6.45, 7) is 7.09. The minimum absolute atomic E-state index is 0.114. The Bertz CT molecular complexity index is 369. The van der Waals surface area contributed by atoms with Gasteiger partial charge in [-0.3, -0.25) is 0 Å². The minimum Gasteiger partial charge on any atom is -0.477 e. The van der Waals surface area contributed by atoms with E-state index in [2.05, 4.69) is 36.7 Å². The molecule has 0 aromatic carbocycles. The second-order valence-electron chi connectivity index (χ2n) is 4.49. The van der Waals surface area contributed by atoms with Gasteiger partial charge in [0, 0.05) is 17.2 Å². The van der Waals surface area contributed by atoms with Crippen LogP contribution in [0.3, 0.4) is 0 Å². The van der Waals surface area contributed by atoms with E-state index in [-0.39, 0.29) is 5.41 Å². The highest BCUT2D eigenvalue weighted by Gasteiger charge is 2.19. The number of carboxylic acids is 1. The molecule has 1 rings (SSSR count). The maximum absolute atomic E-state index is 11.0. The van der Waals surface area contributed by atoms with Gasteiger partial charge in [0.2, 0.25) is 0 Å². The molecule has 1 aromatic rings. The van der Waals surface area contributed by atoms with Crippen LogP contribution in [0.4, 0.5) is 0 Å². The lowest BCUT2D eigenvalue weighted by Crippen LogP contribution is -2.20. The van der Waals surface area contributed by atoms with Gasteiger partial charge >= 0.3 is 5.97 Å². The molecule has 0 bridgehead atoms. The maximum Gasteiger partial charge on any atom is 0.352 e. The van der Waals surface area contributed by atoms with Crippen LogP contribution in [0.2, 0.25) is 0 Å². The highest BCUT2D eigenvalue weighted by Crippen LogP contribution is 2.25. The largest absolute Gasteiger partial charge is 0.477 e. The van der Waals surface area contributed by atoms with E-state index < -0.39 is 5.97 Å². The molecule has 0 saturated heterocycles. The average molecular weight is 274 g/mol. The summed E-state index contributed by atoms with van der Waals surface area (Å²) in [5.74, 6) is -0.882. The van der Waals surface area contributed by atoms with Crippen molar-refractivity contribution in [1.82, 2.24) is 4.57 Å². The maximum atomic E-state index is 11.0. The Labute approximate surface area is 98.2 Å². The van der Waals surface area contributed by atoms with Crippen molar-refractivity contribution in [1.29, 1.82) is 0 Å². The van der Waals surface area contributed by atoms with Crippen LogP contribution >= 0.6 is 15.9 Å². The smallest absolute Gasteiger partial charge is 0.352 e. The summed E-state index contributed by atoms with van der Waals surface area (Å²) in [5, 5.41) is 9.01. The molecule has 0 saturated carbocycles. The van der Waals surface area contributed by atoms with Gasteiger partial charge in [-0.05, 0) is 33.8 Å². The van der Waals surface area contributed by atoms with Crippen molar-refractivity contribution < 1.29 is 9.90 Å². The molecule has 15 heavy (non-hydrogen) atoms. The molecule has 0 spiro atoms. The molecule has 3 nitrogen and oxygen atoms in total. The lowest BCUT2D eigenvalue weighted by Gasteiger charge is -2.23. The minimum atomic E-state index is -0.882. The van der Waals surface area contributed by atoms with Gasteiger partial charge in [-0.25, -0.2) is 4.79 Å². The molecule has 0 aliphatic heterocycles. The first-order valence-electron chi connectivity index (χ1n) is 4.94. The van der Waals surface area contributed by atoms with Crippen LogP contribution in [0.25, 0.3) is 0 Å². The van der Waals surface area contributed by atoms with E-state index in [1.165, 1.54) is 0 Å². The van der Waals surface area contributed by atoms with Crippen molar-refractivity contribution in [2.45, 2.75) is 33.7 Å². The third kappa shape index (κ3) is 3.09. The Balaban J connectivity index is 2.99. The number of carbonyl (C=O) groups is 1. The van der Waals surface area contributed by atoms with Gasteiger partial charge in [0.25, 0.3) is 0 Å². The lowest BCUT2D eigenvalue weighted by molar-refractivity contribution is 0.0682. The molecule has 0 atom stereocenters.